The Bertz CT molecular complexity index is 684. The van der Waals surface area contributed by atoms with Gasteiger partial charge in [0.25, 0.3) is 0 Å². The van der Waals surface area contributed by atoms with Gasteiger partial charge in [-0.2, -0.15) is 0 Å². The topological polar surface area (TPSA) is 53.6 Å². The molecule has 0 saturated carbocycles. The lowest BCUT2D eigenvalue weighted by molar-refractivity contribution is 0.0106. The Hall–Kier alpha value is -1.89. The molecule has 2 heterocycles. The Morgan fingerprint density at radius 2 is 2.04 bits per heavy atom. The van der Waals surface area contributed by atoms with E-state index in [4.69, 9.17) is 4.74 Å². The molecule has 1 aliphatic rings. The number of aryl methyl sites for hydroxylation is 1. The van der Waals surface area contributed by atoms with Crippen LogP contribution < -0.4 is 10.6 Å². The van der Waals surface area contributed by atoms with Crippen LogP contribution in [0.5, 0.6) is 0 Å². The second-order valence-electron chi connectivity index (χ2n) is 6.37. The van der Waals surface area contributed by atoms with Crippen LogP contribution in [-0.4, -0.2) is 43.3 Å². The maximum atomic E-state index is 12.4. The Labute approximate surface area is 153 Å². The van der Waals surface area contributed by atoms with E-state index in [2.05, 4.69) is 40.0 Å². The van der Waals surface area contributed by atoms with Crippen LogP contribution in [0.1, 0.15) is 23.4 Å². The van der Waals surface area contributed by atoms with E-state index in [1.165, 1.54) is 4.88 Å². The summed E-state index contributed by atoms with van der Waals surface area (Å²) in [6.07, 6.45) is 0. The number of ether oxygens (including phenoxy) is 1. The van der Waals surface area contributed by atoms with Gasteiger partial charge < -0.3 is 15.4 Å². The highest BCUT2D eigenvalue weighted by molar-refractivity contribution is 7.10. The fourth-order valence-electron chi connectivity index (χ4n) is 3.23. The number of thiophene rings is 1. The molecule has 2 N–H and O–H groups in total. The molecule has 0 unspecified atom stereocenters. The maximum absolute atomic E-state index is 12.4. The molecule has 6 heteroatoms. The van der Waals surface area contributed by atoms with E-state index in [9.17, 15) is 4.79 Å². The summed E-state index contributed by atoms with van der Waals surface area (Å²) in [5.41, 5.74) is 1.93. The number of morpholine rings is 1. The van der Waals surface area contributed by atoms with Gasteiger partial charge in [-0.3, -0.25) is 4.90 Å². The molecule has 1 fully saturated rings. The number of anilines is 1. The number of hydrogen-bond acceptors (Lipinski definition) is 4. The standard InChI is InChI=1S/C19H25N3O2S/c1-14-5-3-6-16(13-14)21-19(23)20-15(2)18(17-7-4-12-25-17)22-8-10-24-11-9-22/h3-7,12-13,15,18H,8-11H2,1-2H3,(H2,20,21,23)/t15-,18-/m0/s1. The molecule has 1 aliphatic heterocycles. The number of carbonyl (C=O) groups is 1. The molecular weight excluding hydrogens is 334 g/mol. The number of nitrogens with zero attached hydrogens (tertiary/aromatic N) is 1. The maximum Gasteiger partial charge on any atom is 0.319 e. The molecular formula is C19H25N3O2S. The molecule has 2 amide bonds. The van der Waals surface area contributed by atoms with Gasteiger partial charge in [-0.1, -0.05) is 18.2 Å². The van der Waals surface area contributed by atoms with Crippen molar-refractivity contribution < 1.29 is 9.53 Å². The van der Waals surface area contributed by atoms with Gasteiger partial charge in [0.2, 0.25) is 0 Å². The highest BCUT2D eigenvalue weighted by Gasteiger charge is 2.29. The van der Waals surface area contributed by atoms with E-state index in [1.54, 1.807) is 11.3 Å². The largest absolute Gasteiger partial charge is 0.379 e. The van der Waals surface area contributed by atoms with Crippen molar-refractivity contribution in [2.75, 3.05) is 31.6 Å². The number of amides is 2. The van der Waals surface area contributed by atoms with Crippen molar-refractivity contribution in [3.05, 3.63) is 52.2 Å². The van der Waals surface area contributed by atoms with Gasteiger partial charge in [0.05, 0.1) is 19.3 Å². The van der Waals surface area contributed by atoms with Crippen molar-refractivity contribution in [3.8, 4) is 0 Å². The summed E-state index contributed by atoms with van der Waals surface area (Å²) in [4.78, 5) is 16.1. The van der Waals surface area contributed by atoms with Gasteiger partial charge in [0.1, 0.15) is 0 Å². The average Bonchev–Trinajstić information content (AvgIpc) is 3.10. The summed E-state index contributed by atoms with van der Waals surface area (Å²) in [7, 11) is 0. The second kappa shape index (κ2) is 8.47. The van der Waals surface area contributed by atoms with Crippen molar-refractivity contribution in [1.29, 1.82) is 0 Å². The summed E-state index contributed by atoms with van der Waals surface area (Å²) in [5, 5.41) is 8.12. The monoisotopic (exact) mass is 359 g/mol. The van der Waals surface area contributed by atoms with Gasteiger partial charge in [0.15, 0.2) is 0 Å². The van der Waals surface area contributed by atoms with Crippen LogP contribution in [0.3, 0.4) is 0 Å². The van der Waals surface area contributed by atoms with Crippen LogP contribution in [-0.2, 0) is 4.74 Å². The zero-order valence-electron chi connectivity index (χ0n) is 14.7. The summed E-state index contributed by atoms with van der Waals surface area (Å²) in [5.74, 6) is 0. The van der Waals surface area contributed by atoms with Crippen LogP contribution in [0.4, 0.5) is 10.5 Å². The third kappa shape index (κ3) is 4.81. The van der Waals surface area contributed by atoms with Crippen LogP contribution in [0.2, 0.25) is 0 Å². The van der Waals surface area contributed by atoms with E-state index in [0.717, 1.165) is 37.6 Å². The molecule has 2 atom stereocenters. The minimum Gasteiger partial charge on any atom is -0.379 e. The number of hydrogen-bond donors (Lipinski definition) is 2. The second-order valence-corrected chi connectivity index (χ2v) is 7.34. The first-order valence-electron chi connectivity index (χ1n) is 8.63. The number of urea groups is 1. The van der Waals surface area contributed by atoms with Gasteiger partial charge >= 0.3 is 6.03 Å². The summed E-state index contributed by atoms with van der Waals surface area (Å²) >= 11 is 1.73. The van der Waals surface area contributed by atoms with Gasteiger partial charge in [0, 0.05) is 29.7 Å². The molecule has 0 spiro atoms. The smallest absolute Gasteiger partial charge is 0.319 e. The van der Waals surface area contributed by atoms with E-state index in [1.807, 2.05) is 31.2 Å². The molecule has 0 aliphatic carbocycles. The van der Waals surface area contributed by atoms with E-state index in [0.29, 0.717) is 0 Å². The molecule has 5 nitrogen and oxygen atoms in total. The fourth-order valence-corrected chi connectivity index (χ4v) is 4.20. The van der Waals surface area contributed by atoms with Crippen LogP contribution in [0, 0.1) is 6.92 Å². The summed E-state index contributed by atoms with van der Waals surface area (Å²) in [6, 6.07) is 12.0. The van der Waals surface area contributed by atoms with E-state index < -0.39 is 0 Å². The van der Waals surface area contributed by atoms with E-state index >= 15 is 0 Å². The van der Waals surface area contributed by atoms with Crippen LogP contribution in [0.15, 0.2) is 41.8 Å². The first-order valence-corrected chi connectivity index (χ1v) is 9.51. The number of carbonyl (C=O) groups excluding carboxylic acids is 1. The lowest BCUT2D eigenvalue weighted by atomic mass is 10.1. The molecule has 134 valence electrons. The molecule has 1 aromatic carbocycles. The molecule has 0 radical (unpaired) electrons. The van der Waals surface area contributed by atoms with Crippen molar-refractivity contribution in [2.45, 2.75) is 25.9 Å². The zero-order chi connectivity index (χ0) is 17.6. The number of nitrogens with one attached hydrogen (secondary N) is 2. The molecule has 2 aromatic rings. The highest BCUT2D eigenvalue weighted by atomic mass is 32.1. The van der Waals surface area contributed by atoms with Gasteiger partial charge in [-0.05, 0) is 43.0 Å². The quantitative estimate of drug-likeness (QED) is 0.857. The fraction of sp³-hybridized carbons (Fsp3) is 0.421. The number of rotatable bonds is 5. The Morgan fingerprint density at radius 1 is 1.24 bits per heavy atom. The normalized spacial score (nSPS) is 17.7. The van der Waals surface area contributed by atoms with Crippen molar-refractivity contribution in [3.63, 3.8) is 0 Å². The third-order valence-electron chi connectivity index (χ3n) is 4.38. The highest BCUT2D eigenvalue weighted by Crippen LogP contribution is 2.29. The third-order valence-corrected chi connectivity index (χ3v) is 5.33. The van der Waals surface area contributed by atoms with E-state index in [-0.39, 0.29) is 18.1 Å². The summed E-state index contributed by atoms with van der Waals surface area (Å²) < 4.78 is 5.48. The summed E-state index contributed by atoms with van der Waals surface area (Å²) in [6.45, 7) is 7.32. The Morgan fingerprint density at radius 3 is 2.72 bits per heavy atom. The Balaban J connectivity index is 1.67. The van der Waals surface area contributed by atoms with Crippen LogP contribution >= 0.6 is 11.3 Å². The lowest BCUT2D eigenvalue weighted by Crippen LogP contribution is -2.49. The van der Waals surface area contributed by atoms with Crippen molar-refractivity contribution >= 4 is 23.1 Å². The van der Waals surface area contributed by atoms with Gasteiger partial charge in [-0.25, -0.2) is 4.79 Å². The molecule has 1 saturated heterocycles. The average molecular weight is 359 g/mol. The van der Waals surface area contributed by atoms with Crippen LogP contribution in [0.25, 0.3) is 0 Å². The molecule has 3 rings (SSSR count). The minimum atomic E-state index is -0.173. The number of benzene rings is 1. The molecule has 0 bridgehead atoms. The molecule has 1 aromatic heterocycles. The van der Waals surface area contributed by atoms with Gasteiger partial charge in [-0.15, -0.1) is 11.3 Å². The SMILES string of the molecule is Cc1cccc(NC(=O)N[C@@H](C)[C@@H](c2cccs2)N2CCOCC2)c1. The predicted octanol–water partition coefficient (Wildman–Crippen LogP) is 3.64. The Kier molecular flexibility index (Phi) is 6.07. The predicted molar refractivity (Wildman–Crippen MR) is 102 cm³/mol. The first kappa shape index (κ1) is 17.9. The van der Waals surface area contributed by atoms with Crippen molar-refractivity contribution in [2.24, 2.45) is 0 Å². The first-order chi connectivity index (χ1) is 12.1. The lowest BCUT2D eigenvalue weighted by Gasteiger charge is -2.37. The minimum absolute atomic E-state index is 0.0124. The molecule has 25 heavy (non-hydrogen) atoms. The van der Waals surface area contributed by atoms with Crippen molar-refractivity contribution in [1.82, 2.24) is 10.2 Å². The zero-order valence-corrected chi connectivity index (χ0v) is 15.5.